The molecule has 0 aromatic heterocycles. The average molecular weight is 334 g/mol. The minimum atomic E-state index is -0.245. The van der Waals surface area contributed by atoms with Crippen LogP contribution in [0.5, 0.6) is 0 Å². The molecule has 0 unspecified atom stereocenters. The molecule has 0 fully saturated rings. The maximum absolute atomic E-state index is 13.0. The maximum Gasteiger partial charge on any atom is 0.255 e. The highest BCUT2D eigenvalue weighted by Crippen LogP contribution is 2.21. The van der Waals surface area contributed by atoms with Gasteiger partial charge in [0.25, 0.3) is 5.91 Å². The number of rotatable bonds is 5. The Morgan fingerprint density at radius 3 is 2.40 bits per heavy atom. The minimum absolute atomic E-state index is 0.145. The van der Waals surface area contributed by atoms with Crippen molar-refractivity contribution in [2.24, 2.45) is 0 Å². The molecular formula is C21H19FN2O. The van der Waals surface area contributed by atoms with Crippen molar-refractivity contribution in [2.75, 3.05) is 10.6 Å². The largest absolute Gasteiger partial charge is 0.381 e. The van der Waals surface area contributed by atoms with Crippen LogP contribution in [0.4, 0.5) is 15.8 Å². The van der Waals surface area contributed by atoms with Crippen molar-refractivity contribution in [3.05, 3.63) is 95.3 Å². The third-order valence-corrected chi connectivity index (χ3v) is 3.93. The van der Waals surface area contributed by atoms with Crippen LogP contribution in [0.15, 0.2) is 72.8 Å². The minimum Gasteiger partial charge on any atom is -0.381 e. The van der Waals surface area contributed by atoms with Crippen molar-refractivity contribution in [2.45, 2.75) is 13.5 Å². The Labute approximate surface area is 146 Å². The van der Waals surface area contributed by atoms with E-state index in [1.165, 1.54) is 12.1 Å². The molecule has 0 radical (unpaired) electrons. The van der Waals surface area contributed by atoms with Crippen LogP contribution in [0.25, 0.3) is 0 Å². The van der Waals surface area contributed by atoms with Crippen molar-refractivity contribution in [3.63, 3.8) is 0 Å². The first-order valence-corrected chi connectivity index (χ1v) is 8.07. The van der Waals surface area contributed by atoms with Crippen LogP contribution in [0.3, 0.4) is 0 Å². The predicted octanol–water partition coefficient (Wildman–Crippen LogP) is 5.00. The van der Waals surface area contributed by atoms with Gasteiger partial charge in [-0.2, -0.15) is 0 Å². The smallest absolute Gasteiger partial charge is 0.255 e. The molecule has 0 atom stereocenters. The van der Waals surface area contributed by atoms with Gasteiger partial charge in [0.05, 0.1) is 0 Å². The summed E-state index contributed by atoms with van der Waals surface area (Å²) in [5, 5.41) is 6.23. The van der Waals surface area contributed by atoms with Crippen LogP contribution in [-0.2, 0) is 6.54 Å². The maximum atomic E-state index is 13.0. The quantitative estimate of drug-likeness (QED) is 0.689. The van der Waals surface area contributed by atoms with E-state index in [1.54, 1.807) is 24.3 Å². The second-order valence-corrected chi connectivity index (χ2v) is 5.83. The standard InChI is InChI=1S/C21H19FN2O/c1-15-7-12-19(24-21(25)17-5-3-2-4-6-17)13-20(15)23-14-16-8-10-18(22)11-9-16/h2-13,23H,14H2,1H3,(H,24,25). The highest BCUT2D eigenvalue weighted by atomic mass is 19.1. The molecule has 0 bridgehead atoms. The highest BCUT2D eigenvalue weighted by molar-refractivity contribution is 6.04. The third kappa shape index (κ3) is 4.44. The van der Waals surface area contributed by atoms with Gasteiger partial charge in [0.1, 0.15) is 5.82 Å². The first-order chi connectivity index (χ1) is 12.1. The number of aryl methyl sites for hydroxylation is 1. The Morgan fingerprint density at radius 1 is 0.960 bits per heavy atom. The second kappa shape index (κ2) is 7.62. The second-order valence-electron chi connectivity index (χ2n) is 5.83. The molecule has 3 aromatic rings. The van der Waals surface area contributed by atoms with Crippen molar-refractivity contribution in [3.8, 4) is 0 Å². The fourth-order valence-electron chi connectivity index (χ4n) is 2.48. The molecule has 2 N–H and O–H groups in total. The number of carbonyl (C=O) groups excluding carboxylic acids is 1. The Bertz CT molecular complexity index is 861. The van der Waals surface area contributed by atoms with Gasteiger partial charge in [-0.05, 0) is 54.4 Å². The fraction of sp³-hybridized carbons (Fsp3) is 0.0952. The van der Waals surface area contributed by atoms with Gasteiger partial charge in [-0.25, -0.2) is 4.39 Å². The zero-order chi connectivity index (χ0) is 17.6. The lowest BCUT2D eigenvalue weighted by molar-refractivity contribution is 0.102. The van der Waals surface area contributed by atoms with Gasteiger partial charge >= 0.3 is 0 Å². The lowest BCUT2D eigenvalue weighted by Crippen LogP contribution is -2.12. The van der Waals surface area contributed by atoms with Gasteiger partial charge in [0, 0.05) is 23.5 Å². The molecule has 0 heterocycles. The molecule has 0 saturated carbocycles. The summed E-state index contributed by atoms with van der Waals surface area (Å²) < 4.78 is 13.0. The lowest BCUT2D eigenvalue weighted by atomic mass is 10.1. The fourth-order valence-corrected chi connectivity index (χ4v) is 2.48. The summed E-state index contributed by atoms with van der Waals surface area (Å²) in [7, 11) is 0. The van der Waals surface area contributed by atoms with Crippen molar-refractivity contribution >= 4 is 17.3 Å². The van der Waals surface area contributed by atoms with Crippen LogP contribution < -0.4 is 10.6 Å². The van der Waals surface area contributed by atoms with Crippen LogP contribution >= 0.6 is 0 Å². The van der Waals surface area contributed by atoms with Gasteiger partial charge in [0.2, 0.25) is 0 Å². The Balaban J connectivity index is 1.69. The normalized spacial score (nSPS) is 10.3. The molecule has 0 saturated heterocycles. The molecule has 0 aliphatic carbocycles. The molecule has 0 aliphatic heterocycles. The monoisotopic (exact) mass is 334 g/mol. The lowest BCUT2D eigenvalue weighted by Gasteiger charge is -2.13. The number of halogens is 1. The molecule has 1 amide bonds. The van der Waals surface area contributed by atoms with E-state index in [4.69, 9.17) is 0 Å². The van der Waals surface area contributed by atoms with Crippen LogP contribution in [0.2, 0.25) is 0 Å². The summed E-state index contributed by atoms with van der Waals surface area (Å²) in [5.74, 6) is -0.389. The predicted molar refractivity (Wildman–Crippen MR) is 99.3 cm³/mol. The summed E-state index contributed by atoms with van der Waals surface area (Å²) in [6.07, 6.45) is 0. The molecule has 3 aromatic carbocycles. The molecule has 0 spiro atoms. The van der Waals surface area contributed by atoms with Crippen molar-refractivity contribution in [1.29, 1.82) is 0 Å². The van der Waals surface area contributed by atoms with E-state index in [0.29, 0.717) is 12.1 Å². The number of hydrogen-bond donors (Lipinski definition) is 2. The zero-order valence-corrected chi connectivity index (χ0v) is 13.9. The van der Waals surface area contributed by atoms with Gasteiger partial charge in [0.15, 0.2) is 0 Å². The number of hydrogen-bond acceptors (Lipinski definition) is 2. The van der Waals surface area contributed by atoms with E-state index in [-0.39, 0.29) is 11.7 Å². The molecule has 3 rings (SSSR count). The van der Waals surface area contributed by atoms with Crippen LogP contribution in [0, 0.1) is 12.7 Å². The molecule has 3 nitrogen and oxygen atoms in total. The Morgan fingerprint density at radius 2 is 1.68 bits per heavy atom. The third-order valence-electron chi connectivity index (χ3n) is 3.93. The van der Waals surface area contributed by atoms with Gasteiger partial charge in [-0.1, -0.05) is 36.4 Å². The van der Waals surface area contributed by atoms with Gasteiger partial charge in [-0.15, -0.1) is 0 Å². The average Bonchev–Trinajstić information content (AvgIpc) is 2.64. The van der Waals surface area contributed by atoms with E-state index in [9.17, 15) is 9.18 Å². The molecule has 4 heteroatoms. The van der Waals surface area contributed by atoms with E-state index in [2.05, 4.69) is 10.6 Å². The first-order valence-electron chi connectivity index (χ1n) is 8.07. The van der Waals surface area contributed by atoms with Crippen LogP contribution in [0.1, 0.15) is 21.5 Å². The highest BCUT2D eigenvalue weighted by Gasteiger charge is 2.07. The summed E-state index contributed by atoms with van der Waals surface area (Å²) in [5.41, 5.74) is 4.32. The summed E-state index contributed by atoms with van der Waals surface area (Å²) in [4.78, 5) is 12.3. The SMILES string of the molecule is Cc1ccc(NC(=O)c2ccccc2)cc1NCc1ccc(F)cc1. The number of amides is 1. The number of anilines is 2. The van der Waals surface area contributed by atoms with E-state index < -0.39 is 0 Å². The van der Waals surface area contributed by atoms with E-state index in [1.807, 2.05) is 43.3 Å². The molecular weight excluding hydrogens is 315 g/mol. The van der Waals surface area contributed by atoms with Gasteiger partial charge in [-0.3, -0.25) is 4.79 Å². The number of nitrogens with one attached hydrogen (secondary N) is 2. The zero-order valence-electron chi connectivity index (χ0n) is 13.9. The molecule has 25 heavy (non-hydrogen) atoms. The first kappa shape index (κ1) is 16.7. The molecule has 126 valence electrons. The number of carbonyl (C=O) groups is 1. The topological polar surface area (TPSA) is 41.1 Å². The van der Waals surface area contributed by atoms with Gasteiger partial charge < -0.3 is 10.6 Å². The van der Waals surface area contributed by atoms with E-state index in [0.717, 1.165) is 22.5 Å². The number of benzene rings is 3. The summed E-state index contributed by atoms with van der Waals surface area (Å²) in [6.45, 7) is 2.58. The Kier molecular flexibility index (Phi) is 5.09. The molecule has 0 aliphatic rings. The van der Waals surface area contributed by atoms with Crippen LogP contribution in [-0.4, -0.2) is 5.91 Å². The summed E-state index contributed by atoms with van der Waals surface area (Å²) >= 11 is 0. The van der Waals surface area contributed by atoms with Crippen molar-refractivity contribution in [1.82, 2.24) is 0 Å². The Hall–Kier alpha value is -3.14. The summed E-state index contributed by atoms with van der Waals surface area (Å²) in [6, 6.07) is 21.2. The van der Waals surface area contributed by atoms with Crippen molar-refractivity contribution < 1.29 is 9.18 Å². The van der Waals surface area contributed by atoms with E-state index >= 15 is 0 Å².